The quantitative estimate of drug-likeness (QED) is 0.168. The molecule has 1 aliphatic rings. The minimum absolute atomic E-state index is 0.0147. The maximum Gasteiger partial charge on any atom is 0.534 e. The second-order valence-corrected chi connectivity index (χ2v) is 13.0. The molecule has 0 fully saturated rings. The first-order valence-corrected chi connectivity index (χ1v) is 15.1. The molecule has 0 saturated carbocycles. The van der Waals surface area contributed by atoms with E-state index in [1.807, 2.05) is 0 Å². The van der Waals surface area contributed by atoms with E-state index in [4.69, 9.17) is 0 Å². The first-order valence-electron chi connectivity index (χ1n) is 11.3. The molecule has 17 heteroatoms. The highest BCUT2D eigenvalue weighted by Crippen LogP contribution is 2.60. The van der Waals surface area contributed by atoms with Gasteiger partial charge in [0.1, 0.15) is 16.5 Å². The van der Waals surface area contributed by atoms with Crippen molar-refractivity contribution >= 4 is 49.5 Å². The fourth-order valence-electron chi connectivity index (χ4n) is 3.76. The number of thiazole rings is 1. The van der Waals surface area contributed by atoms with Gasteiger partial charge in [0.15, 0.2) is 0 Å². The monoisotopic (exact) mass is 626 g/mol. The third kappa shape index (κ3) is 5.62. The number of nitrogens with one attached hydrogen (secondary N) is 2. The van der Waals surface area contributed by atoms with E-state index in [0.717, 1.165) is 29.7 Å². The van der Waals surface area contributed by atoms with Gasteiger partial charge >= 0.3 is 15.6 Å². The summed E-state index contributed by atoms with van der Waals surface area (Å²) < 4.78 is 86.3. The molecule has 4 N–H and O–H groups in total. The number of carbonyl (C=O) groups is 2. The summed E-state index contributed by atoms with van der Waals surface area (Å²) in [7, 11) is -9.40. The molecule has 3 heterocycles. The van der Waals surface area contributed by atoms with Gasteiger partial charge in [-0.2, -0.15) is 21.6 Å². The van der Waals surface area contributed by atoms with Crippen LogP contribution in [0.25, 0.3) is 10.7 Å². The van der Waals surface area contributed by atoms with Crippen molar-refractivity contribution in [1.29, 1.82) is 0 Å². The van der Waals surface area contributed by atoms with Gasteiger partial charge in [0.05, 0.1) is 27.6 Å². The Hall–Kier alpha value is -4.03. The highest BCUT2D eigenvalue weighted by atomic mass is 32.3. The van der Waals surface area contributed by atoms with Gasteiger partial charge in [0.25, 0.3) is 11.8 Å². The molecule has 0 atom stereocenters. The van der Waals surface area contributed by atoms with Crippen molar-refractivity contribution in [2.45, 2.75) is 21.8 Å². The highest BCUT2D eigenvalue weighted by Gasteiger charge is 2.48. The number of hydrogen-bond donors (Lipinski definition) is 4. The van der Waals surface area contributed by atoms with E-state index in [1.165, 1.54) is 36.5 Å². The van der Waals surface area contributed by atoms with Gasteiger partial charge in [-0.15, -0.1) is 21.9 Å². The van der Waals surface area contributed by atoms with Crippen molar-refractivity contribution in [1.82, 2.24) is 15.3 Å². The molecule has 2 aromatic heterocycles. The normalized spacial score (nSPS) is 15.1. The van der Waals surface area contributed by atoms with E-state index >= 15 is 0 Å². The van der Waals surface area contributed by atoms with Crippen molar-refractivity contribution < 1.29 is 44.5 Å². The lowest BCUT2D eigenvalue weighted by Crippen LogP contribution is -2.28. The van der Waals surface area contributed by atoms with Crippen LogP contribution in [-0.4, -0.2) is 44.8 Å². The van der Waals surface area contributed by atoms with Crippen LogP contribution in [0.1, 0.15) is 25.6 Å². The number of amides is 2. The lowest BCUT2D eigenvalue weighted by atomic mass is 10.1. The van der Waals surface area contributed by atoms with Crippen molar-refractivity contribution in [2.75, 3.05) is 5.32 Å². The van der Waals surface area contributed by atoms with Crippen LogP contribution < -0.4 is 14.8 Å². The third-order valence-electron chi connectivity index (χ3n) is 5.65. The molecule has 41 heavy (non-hydrogen) atoms. The standard InChI is InChI=1S/C24H17F3N4O7S3/c25-24(26,27)41(36,37)38-14-7-8-28-18(10-14)23-30-12-15(39-23)11-29-21(32)13-5-6-20-17(9-13)31-22(33)16-3-1-2-4-19(16)40(20,34)35/h1-10,12,34-35H,11H2,(H,29,32)(H,31,33). The minimum Gasteiger partial charge on any atom is -0.376 e. The molecule has 2 amide bonds. The average Bonchev–Trinajstić information content (AvgIpc) is 3.37. The number of hydrogen-bond acceptors (Lipinski definition) is 10. The highest BCUT2D eigenvalue weighted by molar-refractivity contribution is 8.24. The van der Waals surface area contributed by atoms with Crippen LogP contribution in [-0.2, 0) is 16.7 Å². The Bertz CT molecular complexity index is 1790. The Kier molecular flexibility index (Phi) is 7.24. The van der Waals surface area contributed by atoms with Crippen LogP contribution >= 0.6 is 21.9 Å². The molecular formula is C24H17F3N4O7S3. The summed E-state index contributed by atoms with van der Waals surface area (Å²) >= 11 is 1.04. The number of benzene rings is 2. The van der Waals surface area contributed by atoms with Gasteiger partial charge in [-0.25, -0.2) is 4.98 Å². The molecule has 0 spiro atoms. The van der Waals surface area contributed by atoms with Gasteiger partial charge < -0.3 is 14.8 Å². The number of carbonyl (C=O) groups excluding carboxylic acids is 2. The number of alkyl halides is 3. The summed E-state index contributed by atoms with van der Waals surface area (Å²) in [5.41, 5.74) is -5.27. The van der Waals surface area contributed by atoms with Crippen LogP contribution in [0.3, 0.4) is 0 Å². The largest absolute Gasteiger partial charge is 0.534 e. The Morgan fingerprint density at radius 1 is 1.07 bits per heavy atom. The smallest absolute Gasteiger partial charge is 0.376 e. The van der Waals surface area contributed by atoms with Crippen LogP contribution in [0, 0.1) is 0 Å². The molecule has 0 aliphatic carbocycles. The van der Waals surface area contributed by atoms with Gasteiger partial charge in [0.2, 0.25) is 0 Å². The van der Waals surface area contributed by atoms with E-state index < -0.39 is 43.8 Å². The summed E-state index contributed by atoms with van der Waals surface area (Å²) in [6, 6.07) is 12.1. The summed E-state index contributed by atoms with van der Waals surface area (Å²) in [4.78, 5) is 34.3. The molecule has 2 aromatic carbocycles. The maximum absolute atomic E-state index is 12.9. The van der Waals surface area contributed by atoms with Gasteiger partial charge in [0, 0.05) is 35.0 Å². The zero-order valence-corrected chi connectivity index (χ0v) is 22.7. The molecular weight excluding hydrogens is 609 g/mol. The van der Waals surface area contributed by atoms with E-state index in [1.54, 1.807) is 12.1 Å². The fourth-order valence-corrected chi connectivity index (χ4v) is 6.68. The second kappa shape index (κ2) is 10.4. The average molecular weight is 627 g/mol. The van der Waals surface area contributed by atoms with Crippen molar-refractivity contribution in [3.05, 3.63) is 83.0 Å². The number of halogens is 3. The minimum atomic E-state index is -5.86. The summed E-state index contributed by atoms with van der Waals surface area (Å²) in [6.07, 6.45) is 2.45. The van der Waals surface area contributed by atoms with Crippen LogP contribution in [0.4, 0.5) is 18.9 Å². The molecule has 214 valence electrons. The van der Waals surface area contributed by atoms with Crippen molar-refractivity contribution in [3.8, 4) is 16.5 Å². The maximum atomic E-state index is 12.9. The zero-order chi connectivity index (χ0) is 29.6. The lowest BCUT2D eigenvalue weighted by molar-refractivity contribution is -0.0500. The number of rotatable bonds is 6. The topological polar surface area (TPSA) is 168 Å². The Morgan fingerprint density at radius 2 is 1.83 bits per heavy atom. The summed E-state index contributed by atoms with van der Waals surface area (Å²) in [5, 5.41) is 5.49. The van der Waals surface area contributed by atoms with Gasteiger partial charge in [-0.05, 0) is 30.3 Å². The van der Waals surface area contributed by atoms with Crippen LogP contribution in [0.15, 0.2) is 76.8 Å². The lowest BCUT2D eigenvalue weighted by Gasteiger charge is -2.33. The SMILES string of the molecule is O=C(NCc1cnc(-c2cc(OS(=O)(=O)C(F)(F)F)ccn2)s1)c1ccc2c(c1)NC(=O)c1ccccc1S2(O)O. The predicted molar refractivity (Wildman–Crippen MR) is 142 cm³/mol. The first-order chi connectivity index (χ1) is 19.3. The number of fused-ring (bicyclic) bond motifs is 2. The Morgan fingerprint density at radius 3 is 2.59 bits per heavy atom. The molecule has 0 radical (unpaired) electrons. The molecule has 0 unspecified atom stereocenters. The second-order valence-electron chi connectivity index (χ2n) is 8.38. The molecule has 1 aliphatic heterocycles. The third-order valence-corrected chi connectivity index (χ3v) is 9.59. The molecule has 4 aromatic rings. The Balaban J connectivity index is 1.29. The van der Waals surface area contributed by atoms with Gasteiger partial charge in [-0.1, -0.05) is 12.1 Å². The van der Waals surface area contributed by atoms with E-state index in [0.29, 0.717) is 4.88 Å². The first kappa shape index (κ1) is 28.5. The zero-order valence-electron chi connectivity index (χ0n) is 20.2. The van der Waals surface area contributed by atoms with Crippen molar-refractivity contribution in [2.24, 2.45) is 0 Å². The molecule has 11 nitrogen and oxygen atoms in total. The summed E-state index contributed by atoms with van der Waals surface area (Å²) in [5.74, 6) is -1.72. The van der Waals surface area contributed by atoms with Crippen LogP contribution in [0.5, 0.6) is 5.75 Å². The number of anilines is 1. The number of nitrogens with zero attached hydrogens (tertiary/aromatic N) is 2. The molecule has 5 rings (SSSR count). The van der Waals surface area contributed by atoms with E-state index in [-0.39, 0.29) is 43.9 Å². The fraction of sp³-hybridized carbons (Fsp3) is 0.0833. The van der Waals surface area contributed by atoms with Gasteiger partial charge in [-0.3, -0.25) is 23.7 Å². The molecule has 0 saturated heterocycles. The number of pyridine rings is 1. The van der Waals surface area contributed by atoms with E-state index in [9.17, 15) is 40.3 Å². The predicted octanol–water partition coefficient (Wildman–Crippen LogP) is 5.10. The van der Waals surface area contributed by atoms with Crippen molar-refractivity contribution in [3.63, 3.8) is 0 Å². The Labute approximate surface area is 235 Å². The van der Waals surface area contributed by atoms with E-state index in [2.05, 4.69) is 24.8 Å². The number of aromatic nitrogens is 2. The van der Waals surface area contributed by atoms with Crippen LogP contribution in [0.2, 0.25) is 0 Å². The molecule has 0 bridgehead atoms. The summed E-state index contributed by atoms with van der Waals surface area (Å²) in [6.45, 7) is -0.0147.